The van der Waals surface area contributed by atoms with Gasteiger partial charge in [0.2, 0.25) is 0 Å². The summed E-state index contributed by atoms with van der Waals surface area (Å²) in [5, 5.41) is 2.58. The normalized spacial score (nSPS) is 11.3. The maximum Gasteiger partial charge on any atom is 0.164 e. The summed E-state index contributed by atoms with van der Waals surface area (Å²) in [4.78, 5) is 14.8. The largest absolute Gasteiger partial charge is 0.208 e. The van der Waals surface area contributed by atoms with Crippen LogP contribution >= 0.6 is 11.3 Å². The summed E-state index contributed by atoms with van der Waals surface area (Å²) in [6, 6.07) is 70.6. The van der Waals surface area contributed by atoms with Gasteiger partial charge in [0, 0.05) is 42.4 Å². The van der Waals surface area contributed by atoms with Crippen molar-refractivity contribution in [2.24, 2.45) is 0 Å². The van der Waals surface area contributed by atoms with Gasteiger partial charge in [0.25, 0.3) is 0 Å². The molecule has 0 aliphatic carbocycles. The van der Waals surface area contributed by atoms with Crippen molar-refractivity contribution in [3.05, 3.63) is 200 Å². The van der Waals surface area contributed by atoms with E-state index in [0.29, 0.717) is 17.5 Å². The van der Waals surface area contributed by atoms with Crippen LogP contribution in [-0.2, 0) is 0 Å². The highest BCUT2D eigenvalue weighted by molar-refractivity contribution is 7.26. The molecule has 258 valence electrons. The highest BCUT2D eigenvalue weighted by Gasteiger charge is 2.16. The fourth-order valence-corrected chi connectivity index (χ4v) is 8.60. The summed E-state index contributed by atoms with van der Waals surface area (Å²) in [5.74, 6) is 1.95. The van der Waals surface area contributed by atoms with Gasteiger partial charge in [-0.05, 0) is 69.3 Å². The Kier molecular flexibility index (Phi) is 8.36. The van der Waals surface area contributed by atoms with E-state index < -0.39 is 0 Å². The number of fused-ring (bicyclic) bond motifs is 3. The first-order valence-electron chi connectivity index (χ1n) is 18.4. The van der Waals surface area contributed by atoms with Crippen molar-refractivity contribution in [1.29, 1.82) is 0 Å². The Labute approximate surface area is 323 Å². The average Bonchev–Trinajstić information content (AvgIpc) is 3.65. The molecule has 55 heavy (non-hydrogen) atoms. The van der Waals surface area contributed by atoms with Crippen molar-refractivity contribution in [2.45, 2.75) is 0 Å². The van der Waals surface area contributed by atoms with E-state index >= 15 is 0 Å². The number of hydrogen-bond acceptors (Lipinski definition) is 4. The van der Waals surface area contributed by atoms with E-state index in [-0.39, 0.29) is 0 Å². The zero-order valence-corrected chi connectivity index (χ0v) is 30.6. The molecule has 2 aromatic heterocycles. The second kappa shape index (κ2) is 14.1. The smallest absolute Gasteiger partial charge is 0.164 e. The van der Waals surface area contributed by atoms with E-state index in [0.717, 1.165) is 27.8 Å². The van der Waals surface area contributed by atoms with E-state index in [1.54, 1.807) is 0 Å². The second-order valence-corrected chi connectivity index (χ2v) is 14.7. The molecule has 0 saturated carbocycles. The van der Waals surface area contributed by atoms with Gasteiger partial charge in [-0.2, -0.15) is 0 Å². The third-order valence-electron chi connectivity index (χ3n) is 10.1. The molecular formula is C51H33N3S. The van der Waals surface area contributed by atoms with Gasteiger partial charge in [-0.25, -0.2) is 15.0 Å². The molecule has 0 fully saturated rings. The van der Waals surface area contributed by atoms with Crippen molar-refractivity contribution < 1.29 is 0 Å². The van der Waals surface area contributed by atoms with E-state index in [1.807, 2.05) is 72.0 Å². The minimum absolute atomic E-state index is 0.645. The Morgan fingerprint density at radius 3 is 1.27 bits per heavy atom. The Hall–Kier alpha value is -7.01. The molecule has 0 spiro atoms. The van der Waals surface area contributed by atoms with Crippen LogP contribution < -0.4 is 0 Å². The molecule has 0 atom stereocenters. The molecule has 0 bridgehead atoms. The standard InChI is InChI=1S/C51H33N3S/c1-5-15-34(16-6-1)43-31-45(35-17-7-2-8-18-35)48-46(32-43)44-28-27-41(33-47(44)55-48)39-24-13-23-38(29-39)40-25-14-26-42(30-40)51-53-49(36-19-9-3-10-20-36)52-50(54-51)37-21-11-4-12-22-37/h1-33H. The fourth-order valence-electron chi connectivity index (χ4n) is 7.34. The van der Waals surface area contributed by atoms with Crippen molar-refractivity contribution in [1.82, 2.24) is 15.0 Å². The van der Waals surface area contributed by atoms with Crippen LogP contribution in [0.2, 0.25) is 0 Å². The quantitative estimate of drug-likeness (QED) is 0.165. The van der Waals surface area contributed by atoms with Gasteiger partial charge < -0.3 is 0 Å². The van der Waals surface area contributed by atoms with Gasteiger partial charge in [-0.15, -0.1) is 11.3 Å². The van der Waals surface area contributed by atoms with E-state index in [1.165, 1.54) is 53.6 Å². The molecule has 0 saturated heterocycles. The highest BCUT2D eigenvalue weighted by atomic mass is 32.1. The van der Waals surface area contributed by atoms with Gasteiger partial charge in [-0.1, -0.05) is 170 Å². The Bertz CT molecular complexity index is 2900. The second-order valence-electron chi connectivity index (χ2n) is 13.6. The summed E-state index contributed by atoms with van der Waals surface area (Å²) in [6.45, 7) is 0. The van der Waals surface area contributed by atoms with Gasteiger partial charge in [0.15, 0.2) is 17.5 Å². The number of aromatic nitrogens is 3. The molecule has 0 aliphatic heterocycles. The van der Waals surface area contributed by atoms with Crippen LogP contribution in [0.4, 0.5) is 0 Å². The number of benzene rings is 8. The lowest BCUT2D eigenvalue weighted by atomic mass is 9.95. The first-order valence-corrected chi connectivity index (χ1v) is 19.2. The van der Waals surface area contributed by atoms with Crippen LogP contribution in [0.25, 0.3) is 98.8 Å². The van der Waals surface area contributed by atoms with Crippen LogP contribution in [0.15, 0.2) is 200 Å². The first-order chi connectivity index (χ1) is 27.2. The van der Waals surface area contributed by atoms with E-state index in [4.69, 9.17) is 15.0 Å². The SMILES string of the molecule is c1ccc(-c2cc(-c3ccccc3)c3sc4cc(-c5cccc(-c6cccc(-c7nc(-c8ccccc8)nc(-c8ccccc8)n7)c6)c5)ccc4c3c2)cc1. The van der Waals surface area contributed by atoms with Crippen LogP contribution in [0, 0.1) is 0 Å². The summed E-state index contributed by atoms with van der Waals surface area (Å²) in [5.41, 5.74) is 12.4. The monoisotopic (exact) mass is 719 g/mol. The van der Waals surface area contributed by atoms with Gasteiger partial charge in [0.1, 0.15) is 0 Å². The van der Waals surface area contributed by atoms with E-state index in [9.17, 15) is 0 Å². The molecule has 3 nitrogen and oxygen atoms in total. The third-order valence-corrected chi connectivity index (χ3v) is 11.3. The zero-order valence-electron chi connectivity index (χ0n) is 29.8. The summed E-state index contributed by atoms with van der Waals surface area (Å²) < 4.78 is 2.59. The number of hydrogen-bond donors (Lipinski definition) is 0. The van der Waals surface area contributed by atoms with Crippen LogP contribution in [0.5, 0.6) is 0 Å². The van der Waals surface area contributed by atoms with Crippen molar-refractivity contribution in [3.63, 3.8) is 0 Å². The van der Waals surface area contributed by atoms with Crippen molar-refractivity contribution in [2.75, 3.05) is 0 Å². The zero-order chi connectivity index (χ0) is 36.6. The summed E-state index contributed by atoms with van der Waals surface area (Å²) >= 11 is 1.88. The number of nitrogens with zero attached hydrogens (tertiary/aromatic N) is 3. The number of rotatable bonds is 7. The lowest BCUT2D eigenvalue weighted by Crippen LogP contribution is -2.00. The Morgan fingerprint density at radius 2 is 0.709 bits per heavy atom. The summed E-state index contributed by atoms with van der Waals surface area (Å²) in [7, 11) is 0. The van der Waals surface area contributed by atoms with Crippen molar-refractivity contribution in [3.8, 4) is 78.7 Å². The molecule has 0 amide bonds. The molecule has 10 aromatic rings. The maximum absolute atomic E-state index is 4.97. The molecular weight excluding hydrogens is 687 g/mol. The minimum atomic E-state index is 0.645. The molecule has 0 radical (unpaired) electrons. The average molecular weight is 720 g/mol. The van der Waals surface area contributed by atoms with Crippen LogP contribution in [-0.4, -0.2) is 15.0 Å². The number of thiophene rings is 1. The van der Waals surface area contributed by atoms with Gasteiger partial charge >= 0.3 is 0 Å². The lowest BCUT2D eigenvalue weighted by Gasteiger charge is -2.10. The van der Waals surface area contributed by atoms with Crippen molar-refractivity contribution >= 4 is 31.5 Å². The van der Waals surface area contributed by atoms with Crippen LogP contribution in [0.1, 0.15) is 0 Å². The molecule has 10 rings (SSSR count). The predicted molar refractivity (Wildman–Crippen MR) is 231 cm³/mol. The molecule has 8 aromatic carbocycles. The summed E-state index contributed by atoms with van der Waals surface area (Å²) in [6.07, 6.45) is 0. The highest BCUT2D eigenvalue weighted by Crippen LogP contribution is 2.44. The topological polar surface area (TPSA) is 38.7 Å². The third kappa shape index (κ3) is 6.39. The molecule has 2 heterocycles. The Morgan fingerprint density at radius 1 is 0.273 bits per heavy atom. The predicted octanol–water partition coefficient (Wildman–Crippen LogP) is 13.9. The van der Waals surface area contributed by atoms with Crippen LogP contribution in [0.3, 0.4) is 0 Å². The molecule has 4 heteroatoms. The molecule has 0 N–H and O–H groups in total. The first kappa shape index (κ1) is 32.6. The van der Waals surface area contributed by atoms with E-state index in [2.05, 4.69) is 140 Å². The maximum atomic E-state index is 4.97. The molecule has 0 aliphatic rings. The van der Waals surface area contributed by atoms with Gasteiger partial charge in [-0.3, -0.25) is 0 Å². The van der Waals surface area contributed by atoms with Gasteiger partial charge in [0.05, 0.1) is 0 Å². The Balaban J connectivity index is 1.04. The fraction of sp³-hybridized carbons (Fsp3) is 0. The minimum Gasteiger partial charge on any atom is -0.208 e. The molecule has 0 unspecified atom stereocenters. The lowest BCUT2D eigenvalue weighted by molar-refractivity contribution is 1.07.